The smallest absolute Gasteiger partial charge is 0.255 e. The summed E-state index contributed by atoms with van der Waals surface area (Å²) in [6.07, 6.45) is 0. The summed E-state index contributed by atoms with van der Waals surface area (Å²) in [7, 11) is -3.43. The minimum atomic E-state index is -3.43. The number of carbonyl (C=O) groups excluding carboxylic acids is 1. The molecule has 0 aliphatic rings. The number of rotatable bonds is 4. The molecule has 1 amide bonds. The Bertz CT molecular complexity index is 819. The molecule has 0 aromatic heterocycles. The SMILES string of the molecule is CCS(=O)(=O)c1ccccc1NC(=O)c1ccc(Cl)c(Cl)c1. The molecule has 0 fully saturated rings. The van der Waals surface area contributed by atoms with Crippen molar-refractivity contribution in [1.82, 2.24) is 0 Å². The number of benzene rings is 2. The van der Waals surface area contributed by atoms with E-state index in [9.17, 15) is 13.2 Å². The lowest BCUT2D eigenvalue weighted by molar-refractivity contribution is 0.102. The molecule has 0 saturated carbocycles. The summed E-state index contributed by atoms with van der Waals surface area (Å²) in [4.78, 5) is 12.3. The van der Waals surface area contributed by atoms with Gasteiger partial charge in [0.15, 0.2) is 9.84 Å². The highest BCUT2D eigenvalue weighted by Gasteiger charge is 2.18. The summed E-state index contributed by atoms with van der Waals surface area (Å²) in [5.74, 6) is -0.510. The lowest BCUT2D eigenvalue weighted by Crippen LogP contribution is -2.15. The van der Waals surface area contributed by atoms with Crippen molar-refractivity contribution in [2.75, 3.05) is 11.1 Å². The van der Waals surface area contributed by atoms with E-state index in [0.29, 0.717) is 5.02 Å². The van der Waals surface area contributed by atoms with Crippen molar-refractivity contribution in [1.29, 1.82) is 0 Å². The summed E-state index contributed by atoms with van der Waals surface area (Å²) in [6.45, 7) is 1.55. The van der Waals surface area contributed by atoms with Crippen LogP contribution in [0.3, 0.4) is 0 Å². The molecule has 2 aromatic carbocycles. The topological polar surface area (TPSA) is 63.2 Å². The van der Waals surface area contributed by atoms with E-state index in [0.717, 1.165) is 0 Å². The molecule has 7 heteroatoms. The van der Waals surface area contributed by atoms with Gasteiger partial charge in [0.05, 0.1) is 26.4 Å². The van der Waals surface area contributed by atoms with Gasteiger partial charge in [-0.3, -0.25) is 4.79 Å². The number of hydrogen-bond donors (Lipinski definition) is 1. The molecule has 2 aromatic rings. The highest BCUT2D eigenvalue weighted by molar-refractivity contribution is 7.91. The molecule has 0 atom stereocenters. The molecule has 2 rings (SSSR count). The van der Waals surface area contributed by atoms with Crippen LogP contribution in [0.25, 0.3) is 0 Å². The summed E-state index contributed by atoms with van der Waals surface area (Å²) >= 11 is 11.7. The lowest BCUT2D eigenvalue weighted by atomic mass is 10.2. The molecule has 0 saturated heterocycles. The van der Waals surface area contributed by atoms with Gasteiger partial charge in [-0.2, -0.15) is 0 Å². The van der Waals surface area contributed by atoms with E-state index in [1.165, 1.54) is 30.3 Å². The summed E-state index contributed by atoms with van der Waals surface area (Å²) < 4.78 is 24.1. The van der Waals surface area contributed by atoms with Gasteiger partial charge in [-0.15, -0.1) is 0 Å². The van der Waals surface area contributed by atoms with Gasteiger partial charge in [0.2, 0.25) is 0 Å². The van der Waals surface area contributed by atoms with Crippen LogP contribution in [0.1, 0.15) is 17.3 Å². The second-order valence-electron chi connectivity index (χ2n) is 4.48. The standard InChI is InChI=1S/C15H13Cl2NO3S/c1-2-22(20,21)14-6-4-3-5-13(14)18-15(19)10-7-8-11(16)12(17)9-10/h3-9H,2H2,1H3,(H,18,19). The first-order chi connectivity index (χ1) is 10.3. The van der Waals surface area contributed by atoms with Crippen molar-refractivity contribution in [3.05, 3.63) is 58.1 Å². The lowest BCUT2D eigenvalue weighted by Gasteiger charge is -2.11. The predicted molar refractivity (Wildman–Crippen MR) is 88.6 cm³/mol. The van der Waals surface area contributed by atoms with Gasteiger partial charge < -0.3 is 5.32 Å². The van der Waals surface area contributed by atoms with E-state index >= 15 is 0 Å². The monoisotopic (exact) mass is 357 g/mol. The second kappa shape index (κ2) is 6.69. The van der Waals surface area contributed by atoms with Crippen molar-refractivity contribution >= 4 is 44.6 Å². The molecule has 0 spiro atoms. The molecule has 1 N–H and O–H groups in total. The maximum atomic E-state index is 12.2. The quantitative estimate of drug-likeness (QED) is 0.897. The minimum Gasteiger partial charge on any atom is -0.321 e. The Morgan fingerprint density at radius 2 is 1.77 bits per heavy atom. The third-order valence-corrected chi connectivity index (χ3v) is 5.56. The van der Waals surface area contributed by atoms with Crippen LogP contribution in [0.5, 0.6) is 0 Å². The molecule has 0 heterocycles. The van der Waals surface area contributed by atoms with Gasteiger partial charge in [0, 0.05) is 5.56 Å². The van der Waals surface area contributed by atoms with Crippen molar-refractivity contribution in [3.63, 3.8) is 0 Å². The molecule has 0 unspecified atom stereocenters. The Balaban J connectivity index is 2.35. The highest BCUT2D eigenvalue weighted by Crippen LogP contribution is 2.25. The molecule has 0 bridgehead atoms. The largest absolute Gasteiger partial charge is 0.321 e. The highest BCUT2D eigenvalue weighted by atomic mass is 35.5. The van der Waals surface area contributed by atoms with Crippen LogP contribution in [-0.4, -0.2) is 20.1 Å². The normalized spacial score (nSPS) is 11.2. The number of para-hydroxylation sites is 1. The average molecular weight is 358 g/mol. The van der Waals surface area contributed by atoms with Crippen LogP contribution in [0.15, 0.2) is 47.4 Å². The Morgan fingerprint density at radius 3 is 2.41 bits per heavy atom. The first-order valence-electron chi connectivity index (χ1n) is 6.43. The predicted octanol–water partition coefficient (Wildman–Crippen LogP) is 4.04. The van der Waals surface area contributed by atoms with Gasteiger partial charge in [-0.25, -0.2) is 8.42 Å². The van der Waals surface area contributed by atoms with E-state index in [-0.39, 0.29) is 26.9 Å². The molecular weight excluding hydrogens is 345 g/mol. The first-order valence-corrected chi connectivity index (χ1v) is 8.84. The fourth-order valence-electron chi connectivity index (χ4n) is 1.83. The molecule has 0 radical (unpaired) electrons. The summed E-state index contributed by atoms with van der Waals surface area (Å²) in [5.41, 5.74) is 0.526. The Labute approximate surface area is 139 Å². The number of anilines is 1. The van der Waals surface area contributed by atoms with E-state index in [2.05, 4.69) is 5.32 Å². The van der Waals surface area contributed by atoms with Gasteiger partial charge in [0.25, 0.3) is 5.91 Å². The summed E-state index contributed by atoms with van der Waals surface area (Å²) in [5, 5.41) is 3.19. The van der Waals surface area contributed by atoms with Crippen molar-refractivity contribution in [2.45, 2.75) is 11.8 Å². The average Bonchev–Trinajstić information content (AvgIpc) is 2.50. The van der Waals surface area contributed by atoms with E-state index in [1.54, 1.807) is 19.1 Å². The van der Waals surface area contributed by atoms with Crippen LogP contribution in [0.4, 0.5) is 5.69 Å². The molecular formula is C15H13Cl2NO3S. The maximum Gasteiger partial charge on any atom is 0.255 e. The van der Waals surface area contributed by atoms with Gasteiger partial charge in [-0.05, 0) is 30.3 Å². The van der Waals surface area contributed by atoms with Crippen LogP contribution in [-0.2, 0) is 9.84 Å². The second-order valence-corrected chi connectivity index (χ2v) is 7.54. The number of sulfone groups is 1. The number of nitrogens with one attached hydrogen (secondary N) is 1. The fourth-order valence-corrected chi connectivity index (χ4v) is 3.18. The zero-order valence-corrected chi connectivity index (χ0v) is 14.0. The van der Waals surface area contributed by atoms with E-state index in [4.69, 9.17) is 23.2 Å². The summed E-state index contributed by atoms with van der Waals surface area (Å²) in [6, 6.07) is 10.7. The third kappa shape index (κ3) is 3.61. The number of hydrogen-bond acceptors (Lipinski definition) is 3. The molecule has 0 aliphatic heterocycles. The van der Waals surface area contributed by atoms with Crippen LogP contribution in [0, 0.1) is 0 Å². The first kappa shape index (κ1) is 16.8. The number of carbonyl (C=O) groups is 1. The van der Waals surface area contributed by atoms with Crippen molar-refractivity contribution in [2.24, 2.45) is 0 Å². The van der Waals surface area contributed by atoms with Crippen molar-refractivity contribution in [3.8, 4) is 0 Å². The third-order valence-electron chi connectivity index (χ3n) is 3.03. The van der Waals surface area contributed by atoms with E-state index < -0.39 is 15.7 Å². The zero-order valence-electron chi connectivity index (χ0n) is 11.6. The molecule has 116 valence electrons. The van der Waals surface area contributed by atoms with Crippen LogP contribution in [0.2, 0.25) is 10.0 Å². The van der Waals surface area contributed by atoms with Gasteiger partial charge in [-0.1, -0.05) is 42.3 Å². The molecule has 22 heavy (non-hydrogen) atoms. The fraction of sp³-hybridized carbons (Fsp3) is 0.133. The maximum absolute atomic E-state index is 12.2. The zero-order chi connectivity index (χ0) is 16.3. The van der Waals surface area contributed by atoms with E-state index in [1.807, 2.05) is 0 Å². The minimum absolute atomic E-state index is 0.0490. The van der Waals surface area contributed by atoms with Crippen LogP contribution < -0.4 is 5.32 Å². The molecule has 4 nitrogen and oxygen atoms in total. The Morgan fingerprint density at radius 1 is 1.09 bits per heavy atom. The molecule has 0 aliphatic carbocycles. The van der Waals surface area contributed by atoms with Crippen LogP contribution >= 0.6 is 23.2 Å². The number of amides is 1. The Hall–Kier alpha value is -1.56. The van der Waals surface area contributed by atoms with Gasteiger partial charge >= 0.3 is 0 Å². The number of halogens is 2. The van der Waals surface area contributed by atoms with Crippen molar-refractivity contribution < 1.29 is 13.2 Å². The van der Waals surface area contributed by atoms with Gasteiger partial charge in [0.1, 0.15) is 0 Å². The Kier molecular flexibility index (Phi) is 5.11.